The van der Waals surface area contributed by atoms with E-state index in [9.17, 15) is 0 Å². The van der Waals surface area contributed by atoms with Gasteiger partial charge in [0, 0.05) is 9.89 Å². The fourth-order valence-electron chi connectivity index (χ4n) is 0.812. The monoisotopic (exact) mass is 184 g/mol. The van der Waals surface area contributed by atoms with Crippen LogP contribution in [0.15, 0.2) is 18.2 Å². The zero-order chi connectivity index (χ0) is 8.43. The Balaban J connectivity index is 3.15. The van der Waals surface area contributed by atoms with E-state index >= 15 is 0 Å². The maximum atomic E-state index is 5.90. The fourth-order valence-corrected chi connectivity index (χ4v) is 1.12. The molecule has 0 saturated carbocycles. The van der Waals surface area contributed by atoms with E-state index in [0.717, 1.165) is 21.0 Å². The topological polar surface area (TPSA) is 0 Å². The molecule has 0 atom stereocenters. The molecule has 0 heterocycles. The number of halogens is 1. The molecule has 1 rings (SSSR count). The number of hydrogen-bond acceptors (Lipinski definition) is 1. The summed E-state index contributed by atoms with van der Waals surface area (Å²) in [4.78, 5) is 0.881. The molecule has 0 bridgehead atoms. The van der Waals surface area contributed by atoms with Crippen molar-refractivity contribution in [1.82, 2.24) is 0 Å². The molecule has 2 heteroatoms. The molecule has 1 aromatic carbocycles. The van der Waals surface area contributed by atoms with E-state index < -0.39 is 0 Å². The van der Waals surface area contributed by atoms with Crippen LogP contribution in [0.1, 0.15) is 18.1 Å². The highest BCUT2D eigenvalue weighted by Gasteiger charge is 1.98. The zero-order valence-corrected chi connectivity index (χ0v) is 8.09. The van der Waals surface area contributed by atoms with Gasteiger partial charge in [0.05, 0.1) is 0 Å². The molecule has 0 nitrogen and oxygen atoms in total. The van der Waals surface area contributed by atoms with Crippen molar-refractivity contribution in [3.8, 4) is 0 Å². The predicted octanol–water partition coefficient (Wildman–Crippen LogP) is 3.39. The summed E-state index contributed by atoms with van der Waals surface area (Å²) in [6.07, 6.45) is 0. The van der Waals surface area contributed by atoms with Crippen molar-refractivity contribution in [3.05, 3.63) is 34.3 Å². The number of rotatable bonds is 1. The quantitative estimate of drug-likeness (QED) is 0.476. The van der Waals surface area contributed by atoms with Crippen molar-refractivity contribution in [2.75, 3.05) is 0 Å². The van der Waals surface area contributed by atoms with Gasteiger partial charge in [-0.15, -0.1) is 0 Å². The van der Waals surface area contributed by atoms with Crippen LogP contribution in [0.5, 0.6) is 0 Å². The highest BCUT2D eigenvalue weighted by molar-refractivity contribution is 7.80. The molecule has 0 aliphatic carbocycles. The summed E-state index contributed by atoms with van der Waals surface area (Å²) in [6.45, 7) is 3.88. The molecule has 0 aliphatic rings. The Hall–Kier alpha value is -0.400. The Labute approximate surface area is 77.2 Å². The van der Waals surface area contributed by atoms with Crippen LogP contribution in [-0.4, -0.2) is 4.86 Å². The van der Waals surface area contributed by atoms with E-state index in [0.29, 0.717) is 0 Å². The molecule has 1 aromatic rings. The van der Waals surface area contributed by atoms with E-state index in [1.54, 1.807) is 0 Å². The van der Waals surface area contributed by atoms with Crippen LogP contribution >= 0.6 is 23.8 Å². The lowest BCUT2D eigenvalue weighted by molar-refractivity contribution is 1.46. The molecule has 0 saturated heterocycles. The molecule has 0 spiro atoms. The van der Waals surface area contributed by atoms with Crippen LogP contribution in [0.3, 0.4) is 0 Å². The maximum absolute atomic E-state index is 5.90. The molecule has 0 N–H and O–H groups in total. The normalized spacial score (nSPS) is 9.73. The van der Waals surface area contributed by atoms with Crippen molar-refractivity contribution in [3.63, 3.8) is 0 Å². The van der Waals surface area contributed by atoms with Crippen molar-refractivity contribution in [1.29, 1.82) is 0 Å². The van der Waals surface area contributed by atoms with Crippen LogP contribution in [0.4, 0.5) is 0 Å². The van der Waals surface area contributed by atoms with Crippen LogP contribution in [0.25, 0.3) is 0 Å². The van der Waals surface area contributed by atoms with E-state index in [-0.39, 0.29) is 0 Å². The third-order valence-electron chi connectivity index (χ3n) is 1.58. The first kappa shape index (κ1) is 8.69. The summed E-state index contributed by atoms with van der Waals surface area (Å²) in [5, 5.41) is 0.784. The lowest BCUT2D eigenvalue weighted by atomic mass is 10.1. The third-order valence-corrected chi connectivity index (χ3v) is 2.22. The summed E-state index contributed by atoms with van der Waals surface area (Å²) >= 11 is 10.9. The SMILES string of the molecule is CC(=S)c1ccc(C)c(Cl)c1. The molecule has 0 fully saturated rings. The van der Waals surface area contributed by atoms with Gasteiger partial charge in [0.15, 0.2) is 0 Å². The number of thiocarbonyl (C=S) groups is 1. The standard InChI is InChI=1S/C9H9ClS/c1-6-3-4-8(7(2)11)5-9(6)10/h3-5H,1-2H3. The molecule has 0 amide bonds. The van der Waals surface area contributed by atoms with Crippen LogP contribution in [0, 0.1) is 6.92 Å². The van der Waals surface area contributed by atoms with Crippen LogP contribution < -0.4 is 0 Å². The molecule has 0 unspecified atom stereocenters. The second-order valence-electron chi connectivity index (χ2n) is 2.52. The van der Waals surface area contributed by atoms with Gasteiger partial charge in [-0.25, -0.2) is 0 Å². The lowest BCUT2D eigenvalue weighted by Gasteiger charge is -2.00. The lowest BCUT2D eigenvalue weighted by Crippen LogP contribution is -1.89. The van der Waals surface area contributed by atoms with E-state index in [1.165, 1.54) is 0 Å². The molecule has 58 valence electrons. The van der Waals surface area contributed by atoms with Gasteiger partial charge in [0.1, 0.15) is 0 Å². The highest BCUT2D eigenvalue weighted by Crippen LogP contribution is 2.16. The summed E-state index contributed by atoms with van der Waals surface area (Å²) in [6, 6.07) is 5.87. The van der Waals surface area contributed by atoms with Crippen LogP contribution in [0.2, 0.25) is 5.02 Å². The molecule has 0 aliphatic heterocycles. The maximum Gasteiger partial charge on any atom is 0.0441 e. The van der Waals surface area contributed by atoms with Gasteiger partial charge in [-0.1, -0.05) is 36.0 Å². The summed E-state index contributed by atoms with van der Waals surface area (Å²) in [5.41, 5.74) is 2.13. The van der Waals surface area contributed by atoms with Gasteiger partial charge >= 0.3 is 0 Å². The summed E-state index contributed by atoms with van der Waals surface area (Å²) in [5.74, 6) is 0. The van der Waals surface area contributed by atoms with Crippen LogP contribution in [-0.2, 0) is 0 Å². The van der Waals surface area contributed by atoms with E-state index in [4.69, 9.17) is 23.8 Å². The Bertz CT molecular complexity index is 292. The largest absolute Gasteiger partial charge is 0.0846 e. The first-order chi connectivity index (χ1) is 5.11. The molecular formula is C9H9ClS. The van der Waals surface area contributed by atoms with Crippen molar-refractivity contribution < 1.29 is 0 Å². The average Bonchev–Trinajstić information content (AvgIpc) is 1.94. The number of benzene rings is 1. The molecule has 0 aromatic heterocycles. The van der Waals surface area contributed by atoms with Gasteiger partial charge in [-0.3, -0.25) is 0 Å². The number of aryl methyl sites for hydroxylation is 1. The van der Waals surface area contributed by atoms with Crippen molar-refractivity contribution >= 4 is 28.7 Å². The first-order valence-corrected chi connectivity index (χ1v) is 4.17. The second-order valence-corrected chi connectivity index (χ2v) is 3.54. The minimum Gasteiger partial charge on any atom is -0.0846 e. The Morgan fingerprint density at radius 1 is 1.45 bits per heavy atom. The smallest absolute Gasteiger partial charge is 0.0441 e. The zero-order valence-electron chi connectivity index (χ0n) is 6.52. The minimum absolute atomic E-state index is 0.784. The van der Waals surface area contributed by atoms with Gasteiger partial charge in [0.2, 0.25) is 0 Å². The molecular weight excluding hydrogens is 176 g/mol. The van der Waals surface area contributed by atoms with Crippen molar-refractivity contribution in [2.45, 2.75) is 13.8 Å². The Morgan fingerprint density at radius 2 is 2.09 bits per heavy atom. The summed E-state index contributed by atoms with van der Waals surface area (Å²) in [7, 11) is 0. The first-order valence-electron chi connectivity index (χ1n) is 3.38. The van der Waals surface area contributed by atoms with Crippen molar-refractivity contribution in [2.24, 2.45) is 0 Å². The second kappa shape index (κ2) is 3.33. The van der Waals surface area contributed by atoms with Gasteiger partial charge in [0.25, 0.3) is 0 Å². The van der Waals surface area contributed by atoms with Gasteiger partial charge < -0.3 is 0 Å². The van der Waals surface area contributed by atoms with Gasteiger partial charge in [-0.05, 0) is 31.0 Å². The van der Waals surface area contributed by atoms with Gasteiger partial charge in [-0.2, -0.15) is 0 Å². The fraction of sp³-hybridized carbons (Fsp3) is 0.222. The average molecular weight is 185 g/mol. The van der Waals surface area contributed by atoms with E-state index in [1.807, 2.05) is 32.0 Å². The Morgan fingerprint density at radius 3 is 2.55 bits per heavy atom. The summed E-state index contributed by atoms with van der Waals surface area (Å²) < 4.78 is 0. The third kappa shape index (κ3) is 2.01. The number of hydrogen-bond donors (Lipinski definition) is 0. The molecule has 11 heavy (non-hydrogen) atoms. The Kier molecular flexibility index (Phi) is 2.63. The van der Waals surface area contributed by atoms with E-state index in [2.05, 4.69) is 0 Å². The minimum atomic E-state index is 0.784. The highest BCUT2D eigenvalue weighted by atomic mass is 35.5. The molecule has 0 radical (unpaired) electrons. The predicted molar refractivity (Wildman–Crippen MR) is 53.6 cm³/mol.